The van der Waals surface area contributed by atoms with E-state index in [1.54, 1.807) is 17.5 Å². The molecule has 1 aliphatic rings. The summed E-state index contributed by atoms with van der Waals surface area (Å²) in [6.07, 6.45) is 1.82. The molecule has 0 atom stereocenters. The average Bonchev–Trinajstić information content (AvgIpc) is 3.01. The molecule has 0 N–H and O–H groups in total. The van der Waals surface area contributed by atoms with Gasteiger partial charge in [-0.2, -0.15) is 4.37 Å². The molecule has 1 aliphatic heterocycles. The first-order valence-electron chi connectivity index (χ1n) is 8.20. The van der Waals surface area contributed by atoms with Crippen molar-refractivity contribution in [3.63, 3.8) is 0 Å². The summed E-state index contributed by atoms with van der Waals surface area (Å²) in [6.45, 7) is 4.05. The lowest BCUT2D eigenvalue weighted by Gasteiger charge is -2.37. The summed E-state index contributed by atoms with van der Waals surface area (Å²) in [5.74, 6) is -0.303. The molecule has 6 heteroatoms. The van der Waals surface area contributed by atoms with Gasteiger partial charge in [0.1, 0.15) is 5.82 Å². The Kier molecular flexibility index (Phi) is 5.26. The highest BCUT2D eigenvalue weighted by molar-refractivity contribution is 7.03. The van der Waals surface area contributed by atoms with E-state index in [0.29, 0.717) is 17.7 Å². The number of rotatable bonds is 4. The molecular formula is C18H22FN3OS. The number of nitrogens with zero attached hydrogens (tertiary/aromatic N) is 3. The van der Waals surface area contributed by atoms with Gasteiger partial charge in [-0.1, -0.05) is 18.2 Å². The van der Waals surface area contributed by atoms with Crippen LogP contribution in [0.4, 0.5) is 4.39 Å². The molecule has 128 valence electrons. The van der Waals surface area contributed by atoms with Crippen LogP contribution in [-0.2, 0) is 6.54 Å². The molecule has 1 aromatic heterocycles. The number of aromatic nitrogens is 1. The van der Waals surface area contributed by atoms with Gasteiger partial charge in [-0.05, 0) is 57.5 Å². The molecule has 0 aliphatic carbocycles. The summed E-state index contributed by atoms with van der Waals surface area (Å²) in [5, 5.41) is 1.79. The lowest BCUT2D eigenvalue weighted by Crippen LogP contribution is -2.46. The van der Waals surface area contributed by atoms with Gasteiger partial charge in [-0.15, -0.1) is 0 Å². The zero-order valence-electron chi connectivity index (χ0n) is 14.0. The third kappa shape index (κ3) is 3.65. The second-order valence-corrected chi connectivity index (χ2v) is 7.00. The molecule has 1 amide bonds. The predicted octanol–water partition coefficient (Wildman–Crippen LogP) is 3.33. The molecule has 0 radical (unpaired) electrons. The smallest absolute Gasteiger partial charge is 0.257 e. The van der Waals surface area contributed by atoms with Crippen molar-refractivity contribution in [2.45, 2.75) is 32.4 Å². The average molecular weight is 347 g/mol. The number of aryl methyl sites for hydroxylation is 1. The highest BCUT2D eigenvalue weighted by Crippen LogP contribution is 2.23. The van der Waals surface area contributed by atoms with Gasteiger partial charge in [-0.25, -0.2) is 4.39 Å². The fourth-order valence-electron chi connectivity index (χ4n) is 3.14. The quantitative estimate of drug-likeness (QED) is 0.851. The van der Waals surface area contributed by atoms with E-state index in [1.165, 1.54) is 17.6 Å². The standard InChI is InChI=1S/C18H22FN3OS/c1-13-16(12-24-20-13)18(23)22(15-7-9-21(2)10-8-15)11-14-5-3-4-6-17(14)19/h3-6,12,15H,7-11H2,1-2H3. The van der Waals surface area contributed by atoms with Gasteiger partial charge in [0, 0.05) is 23.5 Å². The van der Waals surface area contributed by atoms with Gasteiger partial charge in [0.25, 0.3) is 5.91 Å². The molecule has 1 fully saturated rings. The van der Waals surface area contributed by atoms with E-state index in [-0.39, 0.29) is 17.8 Å². The van der Waals surface area contributed by atoms with E-state index in [1.807, 2.05) is 17.9 Å². The number of hydrogen-bond donors (Lipinski definition) is 0. The van der Waals surface area contributed by atoms with Crippen LogP contribution in [0.15, 0.2) is 29.6 Å². The molecular weight excluding hydrogens is 325 g/mol. The molecule has 3 rings (SSSR count). The minimum Gasteiger partial charge on any atom is -0.331 e. The van der Waals surface area contributed by atoms with E-state index in [0.717, 1.165) is 31.6 Å². The van der Waals surface area contributed by atoms with Crippen LogP contribution in [0.1, 0.15) is 34.5 Å². The second kappa shape index (κ2) is 7.40. The Bertz CT molecular complexity index is 710. The highest BCUT2D eigenvalue weighted by atomic mass is 32.1. The van der Waals surface area contributed by atoms with E-state index in [9.17, 15) is 9.18 Å². The van der Waals surface area contributed by atoms with Crippen LogP contribution in [0.2, 0.25) is 0 Å². The van der Waals surface area contributed by atoms with Crippen molar-refractivity contribution in [2.75, 3.05) is 20.1 Å². The first-order valence-corrected chi connectivity index (χ1v) is 9.04. The van der Waals surface area contributed by atoms with Crippen molar-refractivity contribution in [1.29, 1.82) is 0 Å². The van der Waals surface area contributed by atoms with Crippen molar-refractivity contribution < 1.29 is 9.18 Å². The molecule has 0 bridgehead atoms. The van der Waals surface area contributed by atoms with Crippen LogP contribution >= 0.6 is 11.5 Å². The summed E-state index contributed by atoms with van der Waals surface area (Å²) in [6, 6.07) is 6.82. The van der Waals surface area contributed by atoms with E-state index < -0.39 is 0 Å². The minimum atomic E-state index is -0.261. The number of halogens is 1. The summed E-state index contributed by atoms with van der Waals surface area (Å²) in [4.78, 5) is 17.2. The lowest BCUT2D eigenvalue weighted by molar-refractivity contribution is 0.0566. The van der Waals surface area contributed by atoms with Crippen LogP contribution in [-0.4, -0.2) is 46.3 Å². The van der Waals surface area contributed by atoms with Crippen molar-refractivity contribution in [2.24, 2.45) is 0 Å². The molecule has 0 spiro atoms. The zero-order valence-corrected chi connectivity index (χ0v) is 14.9. The molecule has 2 heterocycles. The van der Waals surface area contributed by atoms with Crippen molar-refractivity contribution in [3.8, 4) is 0 Å². The minimum absolute atomic E-state index is 0.0425. The molecule has 4 nitrogen and oxygen atoms in total. The molecule has 1 aromatic carbocycles. The lowest BCUT2D eigenvalue weighted by atomic mass is 10.0. The summed E-state index contributed by atoms with van der Waals surface area (Å²) in [7, 11) is 2.09. The number of benzene rings is 1. The van der Waals surface area contributed by atoms with E-state index in [2.05, 4.69) is 16.3 Å². The maximum atomic E-state index is 14.1. The third-order valence-corrected chi connectivity index (χ3v) is 5.39. The van der Waals surface area contributed by atoms with Crippen LogP contribution in [0.3, 0.4) is 0 Å². The second-order valence-electron chi connectivity index (χ2n) is 6.37. The Morgan fingerprint density at radius 1 is 1.38 bits per heavy atom. The van der Waals surface area contributed by atoms with Gasteiger partial charge in [0.15, 0.2) is 0 Å². The molecule has 0 saturated carbocycles. The van der Waals surface area contributed by atoms with E-state index in [4.69, 9.17) is 0 Å². The fraction of sp³-hybridized carbons (Fsp3) is 0.444. The van der Waals surface area contributed by atoms with Crippen molar-refractivity contribution >= 4 is 17.4 Å². The summed E-state index contributed by atoms with van der Waals surface area (Å²) < 4.78 is 18.3. The third-order valence-electron chi connectivity index (χ3n) is 4.67. The fourth-order valence-corrected chi connectivity index (χ4v) is 3.82. The van der Waals surface area contributed by atoms with Crippen LogP contribution in [0.25, 0.3) is 0 Å². The van der Waals surface area contributed by atoms with Gasteiger partial charge >= 0.3 is 0 Å². The maximum absolute atomic E-state index is 14.1. The normalized spacial score (nSPS) is 16.3. The number of carbonyl (C=O) groups excluding carboxylic acids is 1. The van der Waals surface area contributed by atoms with Gasteiger partial charge in [0.2, 0.25) is 0 Å². The Morgan fingerprint density at radius 2 is 2.08 bits per heavy atom. The van der Waals surface area contributed by atoms with Crippen molar-refractivity contribution in [1.82, 2.24) is 14.2 Å². The number of likely N-dealkylation sites (tertiary alicyclic amines) is 1. The van der Waals surface area contributed by atoms with Crippen LogP contribution in [0, 0.1) is 12.7 Å². The Balaban J connectivity index is 1.87. The van der Waals surface area contributed by atoms with Crippen molar-refractivity contribution in [3.05, 3.63) is 52.3 Å². The molecule has 0 unspecified atom stereocenters. The monoisotopic (exact) mass is 347 g/mol. The topological polar surface area (TPSA) is 36.4 Å². The molecule has 2 aromatic rings. The first-order chi connectivity index (χ1) is 11.6. The van der Waals surface area contributed by atoms with Gasteiger partial charge in [0.05, 0.1) is 11.3 Å². The number of piperidine rings is 1. The Morgan fingerprint density at radius 3 is 2.71 bits per heavy atom. The Labute approximate surface area is 146 Å². The van der Waals surface area contributed by atoms with E-state index >= 15 is 0 Å². The van der Waals surface area contributed by atoms with Gasteiger partial charge < -0.3 is 9.80 Å². The number of carbonyl (C=O) groups is 1. The maximum Gasteiger partial charge on any atom is 0.257 e. The highest BCUT2D eigenvalue weighted by Gasteiger charge is 2.29. The van der Waals surface area contributed by atoms with Crippen LogP contribution in [0.5, 0.6) is 0 Å². The first kappa shape index (κ1) is 17.0. The Hall–Kier alpha value is -1.79. The molecule has 1 saturated heterocycles. The van der Waals surface area contributed by atoms with Gasteiger partial charge in [-0.3, -0.25) is 4.79 Å². The summed E-state index contributed by atoms with van der Waals surface area (Å²) >= 11 is 1.29. The zero-order chi connectivity index (χ0) is 17.1. The molecule has 24 heavy (non-hydrogen) atoms. The number of hydrogen-bond acceptors (Lipinski definition) is 4. The predicted molar refractivity (Wildman–Crippen MR) is 93.6 cm³/mol. The largest absolute Gasteiger partial charge is 0.331 e. The van der Waals surface area contributed by atoms with Crippen LogP contribution < -0.4 is 0 Å². The summed E-state index contributed by atoms with van der Waals surface area (Å²) in [5.41, 5.74) is 1.94. The SMILES string of the molecule is Cc1nscc1C(=O)N(Cc1ccccc1F)C1CCN(C)CC1. The number of amides is 1.